The Morgan fingerprint density at radius 3 is 2.76 bits per heavy atom. The van der Waals surface area contributed by atoms with Gasteiger partial charge in [0.15, 0.2) is 0 Å². The second-order valence-corrected chi connectivity index (χ2v) is 4.75. The van der Waals surface area contributed by atoms with Crippen LogP contribution in [0.25, 0.3) is 0 Å². The van der Waals surface area contributed by atoms with Gasteiger partial charge in [-0.05, 0) is 31.0 Å². The number of aromatic hydroxyl groups is 1. The number of hydrogen-bond acceptors (Lipinski definition) is 4. The molecule has 1 aromatic carbocycles. The molecule has 1 aromatic heterocycles. The molecule has 0 spiro atoms. The van der Waals surface area contributed by atoms with Crippen molar-refractivity contribution < 1.29 is 14.6 Å². The lowest BCUT2D eigenvalue weighted by atomic mass is 10.1. The zero-order chi connectivity index (χ0) is 15.6. The minimum absolute atomic E-state index is 0.0349. The van der Waals surface area contributed by atoms with E-state index in [0.717, 1.165) is 12.0 Å². The zero-order valence-electron chi connectivity index (χ0n) is 12.6. The highest BCUT2D eigenvalue weighted by atomic mass is 16.5. The van der Waals surface area contributed by atoms with Crippen LogP contribution in [0.3, 0.4) is 0 Å². The lowest BCUT2D eigenvalue weighted by molar-refractivity contribution is 0.102. The predicted octanol–water partition coefficient (Wildman–Crippen LogP) is 2.26. The number of methoxy groups -OCH3 is 1. The maximum Gasteiger partial charge on any atom is 0.259 e. The first-order valence-electron chi connectivity index (χ1n) is 6.68. The predicted molar refractivity (Wildman–Crippen MR) is 79.9 cm³/mol. The number of anilines is 1. The molecule has 0 aliphatic rings. The van der Waals surface area contributed by atoms with Gasteiger partial charge in [0.2, 0.25) is 5.88 Å². The van der Waals surface area contributed by atoms with E-state index in [-0.39, 0.29) is 11.3 Å². The summed E-state index contributed by atoms with van der Waals surface area (Å²) in [6.07, 6.45) is 0.797. The number of rotatable bonds is 4. The van der Waals surface area contributed by atoms with Gasteiger partial charge in [0, 0.05) is 7.05 Å². The molecule has 0 radical (unpaired) electrons. The van der Waals surface area contributed by atoms with Crippen molar-refractivity contribution in [1.82, 2.24) is 9.78 Å². The Kier molecular flexibility index (Phi) is 4.16. The van der Waals surface area contributed by atoms with Gasteiger partial charge < -0.3 is 15.2 Å². The van der Waals surface area contributed by atoms with Crippen LogP contribution in [-0.4, -0.2) is 27.9 Å². The number of phenols is 1. The summed E-state index contributed by atoms with van der Waals surface area (Å²) in [7, 11) is 3.24. The summed E-state index contributed by atoms with van der Waals surface area (Å²) >= 11 is 0. The largest absolute Gasteiger partial charge is 0.507 e. The number of benzene rings is 1. The Morgan fingerprint density at radius 2 is 2.19 bits per heavy atom. The molecule has 21 heavy (non-hydrogen) atoms. The Bertz CT molecular complexity index is 677. The smallest absolute Gasteiger partial charge is 0.259 e. The van der Waals surface area contributed by atoms with Gasteiger partial charge >= 0.3 is 0 Å². The lowest BCUT2D eigenvalue weighted by Gasteiger charge is -2.09. The Labute approximate surface area is 123 Å². The molecule has 2 rings (SSSR count). The van der Waals surface area contributed by atoms with Crippen LogP contribution in [0.5, 0.6) is 11.6 Å². The Hall–Kier alpha value is -2.50. The molecule has 6 heteroatoms. The average molecular weight is 289 g/mol. The molecule has 2 aromatic rings. The topological polar surface area (TPSA) is 76.4 Å². The second-order valence-electron chi connectivity index (χ2n) is 4.75. The van der Waals surface area contributed by atoms with Gasteiger partial charge in [0.1, 0.15) is 11.4 Å². The fourth-order valence-electron chi connectivity index (χ4n) is 2.19. The van der Waals surface area contributed by atoms with Crippen molar-refractivity contribution in [3.8, 4) is 11.6 Å². The van der Waals surface area contributed by atoms with Crippen LogP contribution in [0.2, 0.25) is 0 Å². The van der Waals surface area contributed by atoms with Crippen molar-refractivity contribution in [2.75, 3.05) is 12.4 Å². The number of nitrogens with zero attached hydrogens (tertiary/aromatic N) is 2. The molecular weight excluding hydrogens is 270 g/mol. The molecule has 1 amide bonds. The summed E-state index contributed by atoms with van der Waals surface area (Å²) in [5.41, 5.74) is 2.34. The monoisotopic (exact) mass is 289 g/mol. The minimum Gasteiger partial charge on any atom is -0.507 e. The van der Waals surface area contributed by atoms with Gasteiger partial charge in [-0.1, -0.05) is 13.0 Å². The van der Waals surface area contributed by atoms with Crippen LogP contribution in [0.4, 0.5) is 5.69 Å². The highest BCUT2D eigenvalue weighted by molar-refractivity contribution is 6.07. The molecule has 112 valence electrons. The first kappa shape index (κ1) is 14.9. The number of hydrogen-bond donors (Lipinski definition) is 2. The summed E-state index contributed by atoms with van der Waals surface area (Å²) < 4.78 is 6.77. The summed E-state index contributed by atoms with van der Waals surface area (Å²) in [4.78, 5) is 12.3. The van der Waals surface area contributed by atoms with Crippen LogP contribution < -0.4 is 10.1 Å². The van der Waals surface area contributed by atoms with Crippen LogP contribution in [0.15, 0.2) is 18.2 Å². The molecule has 0 aliphatic carbocycles. The van der Waals surface area contributed by atoms with Crippen LogP contribution >= 0.6 is 0 Å². The van der Waals surface area contributed by atoms with Gasteiger partial charge in [0.25, 0.3) is 5.91 Å². The molecule has 0 aliphatic heterocycles. The first-order chi connectivity index (χ1) is 9.97. The molecule has 2 N–H and O–H groups in total. The third-order valence-corrected chi connectivity index (χ3v) is 3.32. The molecule has 0 atom stereocenters. The second kappa shape index (κ2) is 5.87. The summed E-state index contributed by atoms with van der Waals surface area (Å²) in [6.45, 7) is 3.76. The fraction of sp³-hybridized carbons (Fsp3) is 0.333. The normalized spacial score (nSPS) is 10.5. The van der Waals surface area contributed by atoms with Crippen LogP contribution in [0.1, 0.15) is 28.5 Å². The van der Waals surface area contributed by atoms with E-state index in [2.05, 4.69) is 10.4 Å². The average Bonchev–Trinajstić information content (AvgIpc) is 2.72. The van der Waals surface area contributed by atoms with E-state index in [1.165, 1.54) is 7.11 Å². The van der Waals surface area contributed by atoms with Crippen molar-refractivity contribution in [2.24, 2.45) is 7.05 Å². The number of ether oxygens (including phenoxy) is 1. The maximum atomic E-state index is 12.3. The van der Waals surface area contributed by atoms with E-state index in [1.54, 1.807) is 30.8 Å². The molecule has 1 heterocycles. The molecule has 0 bridgehead atoms. The SMILES string of the molecule is CCc1ccc(C(=O)Nc2c(C)nn(C)c2OC)c(O)c1. The van der Waals surface area contributed by atoms with Crippen LogP contribution in [0, 0.1) is 6.92 Å². The summed E-state index contributed by atoms with van der Waals surface area (Å²) in [5.74, 6) is 0.0300. The van der Waals surface area contributed by atoms with Crippen molar-refractivity contribution in [2.45, 2.75) is 20.3 Å². The standard InChI is InChI=1S/C15H19N3O3/c1-5-10-6-7-11(12(19)8-10)14(20)16-13-9(2)17-18(3)15(13)21-4/h6-8,19H,5H2,1-4H3,(H,16,20). The number of carbonyl (C=O) groups is 1. The molecule has 0 unspecified atom stereocenters. The molecule has 6 nitrogen and oxygen atoms in total. The van der Waals surface area contributed by atoms with Crippen LogP contribution in [-0.2, 0) is 13.5 Å². The zero-order valence-corrected chi connectivity index (χ0v) is 12.6. The van der Waals surface area contributed by atoms with E-state index in [4.69, 9.17) is 4.74 Å². The van der Waals surface area contributed by atoms with Gasteiger partial charge in [-0.2, -0.15) is 5.10 Å². The highest BCUT2D eigenvalue weighted by Gasteiger charge is 2.19. The Morgan fingerprint density at radius 1 is 1.48 bits per heavy atom. The van der Waals surface area contributed by atoms with Gasteiger partial charge in [-0.25, -0.2) is 4.68 Å². The van der Waals surface area contributed by atoms with Crippen molar-refractivity contribution in [3.05, 3.63) is 35.0 Å². The third kappa shape index (κ3) is 2.84. The Balaban J connectivity index is 2.30. The minimum atomic E-state index is -0.399. The van der Waals surface area contributed by atoms with E-state index in [9.17, 15) is 9.90 Å². The summed E-state index contributed by atoms with van der Waals surface area (Å²) in [5, 5.41) is 16.9. The van der Waals surface area contributed by atoms with Crippen molar-refractivity contribution in [1.29, 1.82) is 0 Å². The molecular formula is C15H19N3O3. The number of phenolic OH excluding ortho intramolecular Hbond substituents is 1. The van der Waals surface area contributed by atoms with Gasteiger partial charge in [-0.3, -0.25) is 4.79 Å². The van der Waals surface area contributed by atoms with E-state index >= 15 is 0 Å². The fourth-order valence-corrected chi connectivity index (χ4v) is 2.19. The van der Waals surface area contributed by atoms with E-state index < -0.39 is 5.91 Å². The van der Waals surface area contributed by atoms with Crippen molar-refractivity contribution in [3.63, 3.8) is 0 Å². The number of nitrogens with one attached hydrogen (secondary N) is 1. The van der Waals surface area contributed by atoms with Gasteiger partial charge in [0.05, 0.1) is 18.4 Å². The van der Waals surface area contributed by atoms with E-state index in [1.807, 2.05) is 13.0 Å². The van der Waals surface area contributed by atoms with Crippen molar-refractivity contribution >= 4 is 11.6 Å². The summed E-state index contributed by atoms with van der Waals surface area (Å²) in [6, 6.07) is 5.03. The van der Waals surface area contributed by atoms with E-state index in [0.29, 0.717) is 17.3 Å². The molecule has 0 fully saturated rings. The van der Waals surface area contributed by atoms with Gasteiger partial charge in [-0.15, -0.1) is 0 Å². The highest BCUT2D eigenvalue weighted by Crippen LogP contribution is 2.28. The quantitative estimate of drug-likeness (QED) is 0.905. The number of carbonyl (C=O) groups excluding carboxylic acids is 1. The molecule has 0 saturated heterocycles. The molecule has 0 saturated carbocycles. The maximum absolute atomic E-state index is 12.3. The number of aryl methyl sites for hydroxylation is 3. The first-order valence-corrected chi connectivity index (χ1v) is 6.68. The number of aromatic nitrogens is 2. The lowest BCUT2D eigenvalue weighted by Crippen LogP contribution is -2.13. The third-order valence-electron chi connectivity index (χ3n) is 3.32. The number of amides is 1.